The molecule has 2 fully saturated rings. The molecule has 2 unspecified atom stereocenters. The molecule has 1 saturated heterocycles. The number of nitrogens with zero attached hydrogens (tertiary/aromatic N) is 1. The molecular formula is C30H41F2NO. The summed E-state index contributed by atoms with van der Waals surface area (Å²) in [6.45, 7) is 4.87. The van der Waals surface area contributed by atoms with Crippen LogP contribution in [0.3, 0.4) is 0 Å². The van der Waals surface area contributed by atoms with Gasteiger partial charge in [0.15, 0.2) is 11.6 Å². The third-order valence-corrected chi connectivity index (χ3v) is 8.11. The molecule has 4 heteroatoms. The maximum Gasteiger partial charge on any atom is 0.166 e. The maximum atomic E-state index is 15.1. The van der Waals surface area contributed by atoms with Crippen molar-refractivity contribution in [1.29, 1.82) is 0 Å². The van der Waals surface area contributed by atoms with Gasteiger partial charge in [0.1, 0.15) is 0 Å². The van der Waals surface area contributed by atoms with Crippen LogP contribution in [0.1, 0.15) is 114 Å². The number of benzene rings is 1. The third kappa shape index (κ3) is 6.05. The normalized spacial score (nSPS) is 25.4. The van der Waals surface area contributed by atoms with Crippen LogP contribution in [0.2, 0.25) is 0 Å². The summed E-state index contributed by atoms with van der Waals surface area (Å²) in [6.07, 6.45) is 16.1. The number of ether oxygens (including phenoxy) is 1. The summed E-state index contributed by atoms with van der Waals surface area (Å²) in [5, 5.41) is 0. The van der Waals surface area contributed by atoms with E-state index in [4.69, 9.17) is 4.74 Å². The van der Waals surface area contributed by atoms with E-state index >= 15 is 8.78 Å². The summed E-state index contributed by atoms with van der Waals surface area (Å²) in [5.41, 5.74) is 2.47. The largest absolute Gasteiger partial charge is 0.378 e. The lowest BCUT2D eigenvalue weighted by Crippen LogP contribution is -2.25. The van der Waals surface area contributed by atoms with Gasteiger partial charge in [-0.25, -0.2) is 8.78 Å². The Morgan fingerprint density at radius 2 is 1.62 bits per heavy atom. The summed E-state index contributed by atoms with van der Waals surface area (Å²) >= 11 is 0. The van der Waals surface area contributed by atoms with Gasteiger partial charge in [0.2, 0.25) is 0 Å². The lowest BCUT2D eigenvalue weighted by atomic mass is 9.78. The van der Waals surface area contributed by atoms with Crippen molar-refractivity contribution in [3.8, 4) is 11.1 Å². The molecular weight excluding hydrogens is 428 g/mol. The molecule has 2 nitrogen and oxygen atoms in total. The van der Waals surface area contributed by atoms with Crippen molar-refractivity contribution in [3.63, 3.8) is 0 Å². The van der Waals surface area contributed by atoms with Crippen molar-refractivity contribution in [2.75, 3.05) is 6.61 Å². The average molecular weight is 470 g/mol. The number of aromatic nitrogens is 1. The van der Waals surface area contributed by atoms with E-state index in [0.717, 1.165) is 37.3 Å². The van der Waals surface area contributed by atoms with Gasteiger partial charge in [0.25, 0.3) is 0 Å². The number of halogens is 2. The van der Waals surface area contributed by atoms with E-state index in [1.807, 2.05) is 12.1 Å². The van der Waals surface area contributed by atoms with Gasteiger partial charge in [-0.1, -0.05) is 64.2 Å². The first-order valence-corrected chi connectivity index (χ1v) is 13.7. The first kappa shape index (κ1) is 25.3. The summed E-state index contributed by atoms with van der Waals surface area (Å²) < 4.78 is 36.0. The van der Waals surface area contributed by atoms with Gasteiger partial charge in [0.05, 0.1) is 12.7 Å². The monoisotopic (exact) mass is 469 g/mol. The highest BCUT2D eigenvalue weighted by Gasteiger charge is 2.27. The summed E-state index contributed by atoms with van der Waals surface area (Å²) in [7, 11) is 0. The van der Waals surface area contributed by atoms with Crippen molar-refractivity contribution >= 4 is 0 Å². The van der Waals surface area contributed by atoms with E-state index in [1.165, 1.54) is 51.4 Å². The highest BCUT2D eigenvalue weighted by atomic mass is 19.2. The molecule has 1 aliphatic heterocycles. The third-order valence-electron chi connectivity index (χ3n) is 8.11. The fourth-order valence-corrected chi connectivity index (χ4v) is 5.94. The molecule has 0 spiro atoms. The number of pyridine rings is 1. The Labute approximate surface area is 204 Å². The zero-order valence-corrected chi connectivity index (χ0v) is 21.0. The molecule has 34 heavy (non-hydrogen) atoms. The van der Waals surface area contributed by atoms with Gasteiger partial charge in [0, 0.05) is 34.9 Å². The van der Waals surface area contributed by atoms with Gasteiger partial charge in [-0.3, -0.25) is 4.98 Å². The van der Waals surface area contributed by atoms with Crippen LogP contribution in [0.4, 0.5) is 8.78 Å². The number of unbranched alkanes of at least 4 members (excludes halogenated alkanes) is 2. The molecule has 0 bridgehead atoms. The molecule has 2 aliphatic rings. The van der Waals surface area contributed by atoms with Crippen LogP contribution in [-0.2, 0) is 4.74 Å². The van der Waals surface area contributed by atoms with Gasteiger partial charge in [-0.05, 0) is 62.5 Å². The van der Waals surface area contributed by atoms with Crippen LogP contribution >= 0.6 is 0 Å². The molecule has 1 aromatic heterocycles. The second kappa shape index (κ2) is 12.2. The summed E-state index contributed by atoms with van der Waals surface area (Å²) in [4.78, 5) is 4.68. The quantitative estimate of drug-likeness (QED) is 0.342. The second-order valence-electron chi connectivity index (χ2n) is 10.5. The van der Waals surface area contributed by atoms with Crippen LogP contribution < -0.4 is 0 Å². The van der Waals surface area contributed by atoms with E-state index in [2.05, 4.69) is 18.8 Å². The molecule has 1 aliphatic carbocycles. The van der Waals surface area contributed by atoms with E-state index in [0.29, 0.717) is 29.2 Å². The molecule has 2 atom stereocenters. The summed E-state index contributed by atoms with van der Waals surface area (Å²) in [5.74, 6) is -0.219. The van der Waals surface area contributed by atoms with Gasteiger partial charge >= 0.3 is 0 Å². The zero-order valence-electron chi connectivity index (χ0n) is 21.0. The van der Waals surface area contributed by atoms with Crippen molar-refractivity contribution in [1.82, 2.24) is 4.98 Å². The Kier molecular flexibility index (Phi) is 9.10. The Morgan fingerprint density at radius 1 is 0.824 bits per heavy atom. The molecule has 0 amide bonds. The fourth-order valence-electron chi connectivity index (χ4n) is 5.94. The molecule has 186 valence electrons. The minimum atomic E-state index is -0.768. The van der Waals surface area contributed by atoms with E-state index in [1.54, 1.807) is 18.3 Å². The highest BCUT2D eigenvalue weighted by molar-refractivity contribution is 5.64. The zero-order chi connectivity index (χ0) is 23.9. The van der Waals surface area contributed by atoms with Crippen LogP contribution in [-0.4, -0.2) is 17.7 Å². The topological polar surface area (TPSA) is 22.1 Å². The average Bonchev–Trinajstić information content (AvgIpc) is 2.87. The first-order valence-electron chi connectivity index (χ1n) is 13.7. The van der Waals surface area contributed by atoms with Crippen LogP contribution in [0.15, 0.2) is 30.5 Å². The van der Waals surface area contributed by atoms with Crippen molar-refractivity contribution in [2.45, 2.75) is 109 Å². The Bertz CT molecular complexity index is 897. The second-order valence-corrected chi connectivity index (χ2v) is 10.5. The van der Waals surface area contributed by atoms with Crippen molar-refractivity contribution in [3.05, 3.63) is 53.4 Å². The minimum absolute atomic E-state index is 0.0748. The molecule has 4 rings (SSSR count). The standard InChI is InChI=1S/C30H41F2NO/c1-3-5-6-8-21-9-11-22(12-10-21)28-18-14-23(19-33-28)26-16-17-27(30(32)29(26)31)24-13-15-25(7-4-2)34-20-24/h14,16-19,21-22,24-25H,3-13,15,20H2,1-2H3. The number of hydrogen-bond donors (Lipinski definition) is 0. The van der Waals surface area contributed by atoms with Crippen LogP contribution in [0, 0.1) is 17.6 Å². The number of hydrogen-bond acceptors (Lipinski definition) is 2. The SMILES string of the molecule is CCCCCC1CCC(c2ccc(-c3ccc(C4CCC(CCC)OC4)c(F)c3F)cn2)CC1. The van der Waals surface area contributed by atoms with E-state index in [9.17, 15) is 0 Å². The highest BCUT2D eigenvalue weighted by Crippen LogP contribution is 2.38. The van der Waals surface area contributed by atoms with Crippen LogP contribution in [0.25, 0.3) is 11.1 Å². The van der Waals surface area contributed by atoms with E-state index in [-0.39, 0.29) is 12.0 Å². The molecule has 0 N–H and O–H groups in total. The Hall–Kier alpha value is -1.81. The van der Waals surface area contributed by atoms with Crippen molar-refractivity contribution in [2.24, 2.45) is 5.92 Å². The minimum Gasteiger partial charge on any atom is -0.378 e. The Morgan fingerprint density at radius 3 is 2.26 bits per heavy atom. The Balaban J connectivity index is 1.38. The maximum absolute atomic E-state index is 15.1. The lowest BCUT2D eigenvalue weighted by Gasteiger charge is -2.29. The van der Waals surface area contributed by atoms with Gasteiger partial charge in [-0.2, -0.15) is 0 Å². The molecule has 0 radical (unpaired) electrons. The first-order chi connectivity index (χ1) is 16.6. The van der Waals surface area contributed by atoms with Crippen LogP contribution in [0.5, 0.6) is 0 Å². The van der Waals surface area contributed by atoms with E-state index < -0.39 is 11.6 Å². The fraction of sp³-hybridized carbons (Fsp3) is 0.633. The predicted octanol–water partition coefficient (Wildman–Crippen LogP) is 8.94. The van der Waals surface area contributed by atoms with Crippen molar-refractivity contribution < 1.29 is 13.5 Å². The van der Waals surface area contributed by atoms with Gasteiger partial charge in [-0.15, -0.1) is 0 Å². The molecule has 2 heterocycles. The number of rotatable bonds is 9. The molecule has 2 aromatic rings. The summed E-state index contributed by atoms with van der Waals surface area (Å²) in [6, 6.07) is 7.39. The van der Waals surface area contributed by atoms with Gasteiger partial charge < -0.3 is 4.74 Å². The smallest absolute Gasteiger partial charge is 0.166 e. The molecule has 1 aromatic carbocycles. The lowest BCUT2D eigenvalue weighted by molar-refractivity contribution is -0.00181. The predicted molar refractivity (Wildman–Crippen MR) is 135 cm³/mol. The molecule has 1 saturated carbocycles.